The van der Waals surface area contributed by atoms with Crippen LogP contribution in [0.3, 0.4) is 0 Å². The van der Waals surface area contributed by atoms with Crippen LogP contribution >= 0.6 is 12.6 Å². The van der Waals surface area contributed by atoms with Crippen LogP contribution in [0.25, 0.3) is 0 Å². The van der Waals surface area contributed by atoms with E-state index in [0.29, 0.717) is 64.5 Å². The van der Waals surface area contributed by atoms with Crippen molar-refractivity contribution in [3.63, 3.8) is 0 Å². The van der Waals surface area contributed by atoms with E-state index in [0.717, 1.165) is 0 Å². The number of carboxylic acid groups (broad SMARTS) is 1. The van der Waals surface area contributed by atoms with Gasteiger partial charge in [0, 0.05) is 18.8 Å². The lowest BCUT2D eigenvalue weighted by atomic mass is 10.0. The number of rotatable bonds is 21. The second-order valence-electron chi connectivity index (χ2n) is 12.2. The highest BCUT2D eigenvalue weighted by atomic mass is 32.1. The largest absolute Gasteiger partial charge is 0.480 e. The molecule has 6 amide bonds. The third-order valence-corrected chi connectivity index (χ3v) is 8.98. The smallest absolute Gasteiger partial charge is 0.326 e. The molecule has 0 spiro atoms. The number of carboxylic acids is 1. The van der Waals surface area contributed by atoms with Crippen molar-refractivity contribution in [3.05, 3.63) is 0 Å². The van der Waals surface area contributed by atoms with Crippen LogP contribution in [0.5, 0.6) is 0 Å². The average Bonchev–Trinajstić information content (AvgIpc) is 3.79. The fourth-order valence-electron chi connectivity index (χ4n) is 5.94. The quantitative estimate of drug-likeness (QED) is 0.0404. The number of hydrogen-bond acceptors (Lipinski definition) is 12. The number of aliphatic hydroxyl groups is 1. The Morgan fingerprint density at radius 2 is 1.27 bits per heavy atom. The molecule has 18 nitrogen and oxygen atoms in total. The van der Waals surface area contributed by atoms with Crippen LogP contribution < -0.4 is 38.5 Å². The van der Waals surface area contributed by atoms with Gasteiger partial charge in [0.1, 0.15) is 36.3 Å². The molecule has 2 fully saturated rings. The molecular weight excluding hydrogens is 662 g/mol. The summed E-state index contributed by atoms with van der Waals surface area (Å²) in [5.41, 5.74) is 16.4. The van der Waals surface area contributed by atoms with Crippen molar-refractivity contribution < 1.29 is 43.8 Å². The van der Waals surface area contributed by atoms with Gasteiger partial charge in [-0.3, -0.25) is 28.8 Å². The van der Waals surface area contributed by atoms with E-state index >= 15 is 0 Å². The molecule has 2 heterocycles. The van der Waals surface area contributed by atoms with E-state index < -0.39 is 90.8 Å². The summed E-state index contributed by atoms with van der Waals surface area (Å²) < 4.78 is 0. The molecule has 2 aliphatic rings. The highest BCUT2D eigenvalue weighted by Crippen LogP contribution is 2.26. The predicted octanol–water partition coefficient (Wildman–Crippen LogP) is -3.87. The molecule has 6 atom stereocenters. The number of carbonyl (C=O) groups is 7. The van der Waals surface area contributed by atoms with Crippen molar-refractivity contribution in [3.8, 4) is 0 Å². The zero-order chi connectivity index (χ0) is 36.5. The Kier molecular flexibility index (Phi) is 18.3. The van der Waals surface area contributed by atoms with Gasteiger partial charge in [0.2, 0.25) is 35.4 Å². The lowest BCUT2D eigenvalue weighted by Crippen LogP contribution is -2.59. The van der Waals surface area contributed by atoms with Crippen LogP contribution in [0.1, 0.15) is 64.2 Å². The summed E-state index contributed by atoms with van der Waals surface area (Å²) in [4.78, 5) is 93.1. The Morgan fingerprint density at radius 1 is 0.714 bits per heavy atom. The SMILES string of the molecule is NCCCC[C@H](NC(=O)[C@H](CCCCN)NC(=O)[C@@H]1CCCN1C(=O)[C@@H]1CCCN1C(=O)[C@H](CS)NC(=O)[C@H](CO)NC(=O)CN)C(=O)O. The summed E-state index contributed by atoms with van der Waals surface area (Å²) in [7, 11) is 0. The summed E-state index contributed by atoms with van der Waals surface area (Å²) in [5.74, 6) is -5.11. The summed E-state index contributed by atoms with van der Waals surface area (Å²) in [6, 6.07) is -6.59. The third-order valence-electron chi connectivity index (χ3n) is 8.62. The number of hydrogen-bond donors (Lipinski definition) is 10. The first-order valence-corrected chi connectivity index (χ1v) is 17.4. The summed E-state index contributed by atoms with van der Waals surface area (Å²) in [6.07, 6.45) is 4.17. The minimum absolute atomic E-state index is 0.136. The number of likely N-dealkylation sites (tertiary alicyclic amines) is 2. The standard InChI is InChI=1S/C30H53N9O9S/c31-11-3-1-7-18(25(42)36-19(30(47)48)8-2-4-12-32)35-27(44)22-9-5-13-38(22)29(46)23-10-6-14-39(23)28(45)21(17-49)37-26(43)20(16-40)34-24(41)15-33/h18-23,40,49H,1-17,31-33H2,(H,34,41)(H,35,44)(H,36,42)(H,37,43)(H,47,48)/t18-,19-,20-,21-,22-,23-/m0/s1. The molecule has 19 heteroatoms. The normalized spacial score (nSPS) is 19.8. The Morgan fingerprint density at radius 3 is 1.82 bits per heavy atom. The van der Waals surface area contributed by atoms with Gasteiger partial charge in [-0.05, 0) is 77.3 Å². The van der Waals surface area contributed by atoms with Crippen LogP contribution in [0, 0.1) is 0 Å². The van der Waals surface area contributed by atoms with E-state index in [2.05, 4.69) is 33.9 Å². The van der Waals surface area contributed by atoms with Crippen molar-refractivity contribution >= 4 is 54.0 Å². The van der Waals surface area contributed by atoms with Crippen molar-refractivity contribution in [1.82, 2.24) is 31.1 Å². The summed E-state index contributed by atoms with van der Waals surface area (Å²) in [5, 5.41) is 29.2. The van der Waals surface area contributed by atoms with E-state index in [9.17, 15) is 43.8 Å². The molecule has 0 aromatic rings. The van der Waals surface area contributed by atoms with Gasteiger partial charge in [0.25, 0.3) is 0 Å². The Bertz CT molecular complexity index is 1160. The van der Waals surface area contributed by atoms with Crippen molar-refractivity contribution in [2.24, 2.45) is 17.2 Å². The zero-order valence-electron chi connectivity index (χ0n) is 27.8. The molecule has 2 aliphatic heterocycles. The Hall–Kier alpha value is -3.52. The summed E-state index contributed by atoms with van der Waals surface area (Å²) in [6.45, 7) is 0.0639. The maximum absolute atomic E-state index is 13.9. The van der Waals surface area contributed by atoms with Crippen molar-refractivity contribution in [2.75, 3.05) is 45.1 Å². The van der Waals surface area contributed by atoms with Gasteiger partial charge in [-0.15, -0.1) is 0 Å². The second kappa shape index (κ2) is 21.5. The monoisotopic (exact) mass is 715 g/mol. The third kappa shape index (κ3) is 12.4. The topological polar surface area (TPSA) is 293 Å². The highest BCUT2D eigenvalue weighted by molar-refractivity contribution is 7.80. The molecule has 0 radical (unpaired) electrons. The van der Waals surface area contributed by atoms with Crippen LogP contribution in [0.2, 0.25) is 0 Å². The zero-order valence-corrected chi connectivity index (χ0v) is 28.7. The first-order valence-electron chi connectivity index (χ1n) is 16.8. The molecule has 2 saturated heterocycles. The molecule has 49 heavy (non-hydrogen) atoms. The molecule has 0 aromatic carbocycles. The Balaban J connectivity index is 2.15. The average molecular weight is 716 g/mol. The molecule has 2 rings (SSSR count). The molecule has 0 saturated carbocycles. The number of nitrogens with two attached hydrogens (primary N) is 3. The van der Waals surface area contributed by atoms with E-state index in [4.69, 9.17) is 17.2 Å². The number of aliphatic carboxylic acids is 1. The highest BCUT2D eigenvalue weighted by Gasteiger charge is 2.44. The number of thiol groups is 1. The summed E-state index contributed by atoms with van der Waals surface area (Å²) >= 11 is 4.19. The molecular formula is C30H53N9O9S. The second-order valence-corrected chi connectivity index (χ2v) is 12.5. The van der Waals surface area contributed by atoms with Crippen LogP contribution in [0.4, 0.5) is 0 Å². The maximum Gasteiger partial charge on any atom is 0.326 e. The fourth-order valence-corrected chi connectivity index (χ4v) is 6.19. The molecule has 0 aliphatic carbocycles. The molecule has 0 aromatic heterocycles. The van der Waals surface area contributed by atoms with Gasteiger partial charge in [-0.1, -0.05) is 0 Å². The van der Waals surface area contributed by atoms with Gasteiger partial charge in [-0.25, -0.2) is 4.79 Å². The molecule has 0 bridgehead atoms. The van der Waals surface area contributed by atoms with Crippen LogP contribution in [-0.2, 0) is 33.6 Å². The first kappa shape index (κ1) is 41.7. The fraction of sp³-hybridized carbons (Fsp3) is 0.767. The number of nitrogens with zero attached hydrogens (tertiary/aromatic N) is 2. The van der Waals surface area contributed by atoms with Gasteiger partial charge in [-0.2, -0.15) is 12.6 Å². The first-order chi connectivity index (χ1) is 23.4. The van der Waals surface area contributed by atoms with Crippen LogP contribution in [-0.4, -0.2) is 143 Å². The predicted molar refractivity (Wildman–Crippen MR) is 181 cm³/mol. The Labute approximate surface area is 291 Å². The van der Waals surface area contributed by atoms with Gasteiger partial charge in [0.05, 0.1) is 13.2 Å². The minimum Gasteiger partial charge on any atom is -0.480 e. The molecule has 278 valence electrons. The number of unbranched alkanes of at least 4 members (excludes halogenated alkanes) is 2. The van der Waals surface area contributed by atoms with Crippen molar-refractivity contribution in [1.29, 1.82) is 0 Å². The van der Waals surface area contributed by atoms with Crippen molar-refractivity contribution in [2.45, 2.75) is 100 Å². The van der Waals surface area contributed by atoms with Gasteiger partial charge >= 0.3 is 5.97 Å². The minimum atomic E-state index is -1.35. The molecule has 0 unspecified atom stereocenters. The number of carbonyl (C=O) groups excluding carboxylic acids is 6. The number of amides is 6. The van der Waals surface area contributed by atoms with E-state index in [1.807, 2.05) is 0 Å². The van der Waals surface area contributed by atoms with Gasteiger partial charge in [0.15, 0.2) is 0 Å². The van der Waals surface area contributed by atoms with E-state index in [1.165, 1.54) is 9.80 Å². The van der Waals surface area contributed by atoms with Gasteiger partial charge < -0.3 is 58.5 Å². The van der Waals surface area contributed by atoms with E-state index in [1.54, 1.807) is 0 Å². The lowest BCUT2D eigenvalue weighted by Gasteiger charge is -2.33. The van der Waals surface area contributed by atoms with E-state index in [-0.39, 0.29) is 31.7 Å². The lowest BCUT2D eigenvalue weighted by molar-refractivity contribution is -0.148. The number of nitrogens with one attached hydrogen (secondary N) is 4. The molecule has 12 N–H and O–H groups in total. The van der Waals surface area contributed by atoms with Crippen LogP contribution in [0.15, 0.2) is 0 Å². The maximum atomic E-state index is 13.9. The number of aliphatic hydroxyl groups excluding tert-OH is 1.